The molecule has 1 unspecified atom stereocenters. The molecule has 3 heteroatoms. The Morgan fingerprint density at radius 1 is 1.75 bits per heavy atom. The van der Waals surface area contributed by atoms with Gasteiger partial charge in [-0.1, -0.05) is 37.0 Å². The molecule has 12 heavy (non-hydrogen) atoms. The van der Waals surface area contributed by atoms with Crippen LogP contribution in [0.4, 0.5) is 0 Å². The molecule has 0 spiro atoms. The van der Waals surface area contributed by atoms with E-state index < -0.39 is 0 Å². The molecule has 0 saturated heterocycles. The number of rotatable bonds is 5. The van der Waals surface area contributed by atoms with Gasteiger partial charge in [-0.3, -0.25) is 5.43 Å². The van der Waals surface area contributed by atoms with Crippen LogP contribution in [-0.2, 0) is 0 Å². The van der Waals surface area contributed by atoms with Gasteiger partial charge in [-0.15, -0.1) is 0 Å². The first-order valence-electron chi connectivity index (χ1n) is 4.08. The van der Waals surface area contributed by atoms with E-state index in [0.717, 1.165) is 12.1 Å². The summed E-state index contributed by atoms with van der Waals surface area (Å²) in [7, 11) is 9.55. The van der Waals surface area contributed by atoms with Crippen molar-refractivity contribution in [2.75, 3.05) is 20.6 Å². The Balaban J connectivity index is 4.02. The summed E-state index contributed by atoms with van der Waals surface area (Å²) < 4.78 is 0. The van der Waals surface area contributed by atoms with Crippen molar-refractivity contribution < 1.29 is 0 Å². The van der Waals surface area contributed by atoms with Crippen LogP contribution in [0.15, 0.2) is 24.3 Å². The van der Waals surface area contributed by atoms with Crippen LogP contribution in [0, 0.1) is 0 Å². The Kier molecular flexibility index (Phi) is 5.76. The molecule has 1 atom stereocenters. The monoisotopic (exact) mass is 164 g/mol. The quantitative estimate of drug-likeness (QED) is 0.372. The van der Waals surface area contributed by atoms with Crippen LogP contribution >= 0.6 is 0 Å². The van der Waals surface area contributed by atoms with Gasteiger partial charge in [0.25, 0.3) is 0 Å². The van der Waals surface area contributed by atoms with Crippen molar-refractivity contribution in [3.8, 4) is 0 Å². The summed E-state index contributed by atoms with van der Waals surface area (Å²) in [5.41, 5.74) is 4.08. The van der Waals surface area contributed by atoms with Crippen LogP contribution in [0.3, 0.4) is 0 Å². The van der Waals surface area contributed by atoms with Crippen LogP contribution in [0.1, 0.15) is 6.92 Å². The van der Waals surface area contributed by atoms with E-state index in [1.807, 2.05) is 26.0 Å². The molecule has 66 valence electrons. The second kappa shape index (κ2) is 6.03. The Morgan fingerprint density at radius 2 is 2.33 bits per heavy atom. The molecule has 0 bridgehead atoms. The van der Waals surface area contributed by atoms with E-state index in [-0.39, 0.29) is 5.82 Å². The molecule has 0 saturated carbocycles. The van der Waals surface area contributed by atoms with Gasteiger partial charge in [-0.25, -0.2) is 5.01 Å². The number of hydrogen-bond acceptors (Lipinski definition) is 2. The minimum atomic E-state index is 0.0627. The molecule has 2 nitrogen and oxygen atoms in total. The molecule has 0 aliphatic heterocycles. The second-order valence-corrected chi connectivity index (χ2v) is 2.80. The average molecular weight is 164 g/mol. The number of nitrogens with zero attached hydrogens (tertiary/aromatic N) is 1. The zero-order chi connectivity index (χ0) is 9.56. The predicted molar refractivity (Wildman–Crippen MR) is 55.1 cm³/mol. The van der Waals surface area contributed by atoms with Gasteiger partial charge in [0.1, 0.15) is 0 Å². The van der Waals surface area contributed by atoms with Crippen LogP contribution in [-0.4, -0.2) is 33.5 Å². The molecule has 0 aliphatic rings. The van der Waals surface area contributed by atoms with Crippen molar-refractivity contribution in [3.05, 3.63) is 24.3 Å². The van der Waals surface area contributed by atoms with Gasteiger partial charge in [-0.05, 0) is 7.05 Å². The molecule has 1 N–H and O–H groups in total. The Bertz CT molecular complexity index is 164. The summed E-state index contributed by atoms with van der Waals surface area (Å²) in [6, 6.07) is 0. The maximum absolute atomic E-state index is 5.70. The summed E-state index contributed by atoms with van der Waals surface area (Å²) >= 11 is 0. The van der Waals surface area contributed by atoms with Gasteiger partial charge in [-0.2, -0.15) is 0 Å². The summed E-state index contributed by atoms with van der Waals surface area (Å²) in [5.74, 6) is 0.0627. The molecular weight excluding hydrogens is 147 g/mol. The van der Waals surface area contributed by atoms with Crippen molar-refractivity contribution in [1.29, 1.82) is 0 Å². The zero-order valence-electron chi connectivity index (χ0n) is 8.17. The van der Waals surface area contributed by atoms with Gasteiger partial charge >= 0.3 is 0 Å². The van der Waals surface area contributed by atoms with Gasteiger partial charge in [0.15, 0.2) is 0 Å². The minimum Gasteiger partial charge on any atom is -0.258 e. The molecule has 0 aromatic rings. The maximum Gasteiger partial charge on any atom is 0.0759 e. The topological polar surface area (TPSA) is 15.3 Å². The summed E-state index contributed by atoms with van der Waals surface area (Å²) in [5, 5.41) is 1.96. The minimum absolute atomic E-state index is 0.0627. The Labute approximate surface area is 76.7 Å². The van der Waals surface area contributed by atoms with Crippen molar-refractivity contribution in [3.63, 3.8) is 0 Å². The molecule has 0 aromatic carbocycles. The summed E-state index contributed by atoms with van der Waals surface area (Å²) in [6.45, 7) is 6.48. The van der Waals surface area contributed by atoms with E-state index in [0.29, 0.717) is 0 Å². The highest BCUT2D eigenvalue weighted by Crippen LogP contribution is 2.12. The SMILES string of the molecule is [B]C(C)/C(C=C)=C/CN(C)NC. The van der Waals surface area contributed by atoms with Crippen molar-refractivity contribution in [2.45, 2.75) is 12.7 Å². The third-order valence-electron chi connectivity index (χ3n) is 1.74. The third-order valence-corrected chi connectivity index (χ3v) is 1.74. The fourth-order valence-corrected chi connectivity index (χ4v) is 0.789. The highest BCUT2D eigenvalue weighted by molar-refractivity contribution is 6.13. The van der Waals surface area contributed by atoms with E-state index in [2.05, 4.69) is 18.1 Å². The first-order chi connectivity index (χ1) is 5.61. The first-order valence-corrected chi connectivity index (χ1v) is 4.08. The predicted octanol–water partition coefficient (Wildman–Crippen LogP) is 1.14. The van der Waals surface area contributed by atoms with Crippen molar-refractivity contribution in [2.24, 2.45) is 0 Å². The number of hydrazine groups is 1. The van der Waals surface area contributed by atoms with E-state index in [9.17, 15) is 0 Å². The average Bonchev–Trinajstić information content (AvgIpc) is 2.04. The Morgan fingerprint density at radius 3 is 2.67 bits per heavy atom. The maximum atomic E-state index is 5.70. The molecule has 0 heterocycles. The van der Waals surface area contributed by atoms with Crippen LogP contribution in [0.2, 0.25) is 5.82 Å². The molecule has 0 rings (SSSR count). The summed E-state index contributed by atoms with van der Waals surface area (Å²) in [6.07, 6.45) is 3.86. The molecule has 0 fully saturated rings. The first kappa shape index (κ1) is 11.5. The molecule has 2 radical (unpaired) electrons. The van der Waals surface area contributed by atoms with Crippen molar-refractivity contribution in [1.82, 2.24) is 10.4 Å². The van der Waals surface area contributed by atoms with Gasteiger partial charge in [0.05, 0.1) is 7.85 Å². The largest absolute Gasteiger partial charge is 0.258 e. The lowest BCUT2D eigenvalue weighted by Crippen LogP contribution is -2.30. The van der Waals surface area contributed by atoms with E-state index in [4.69, 9.17) is 7.85 Å². The summed E-state index contributed by atoms with van der Waals surface area (Å²) in [4.78, 5) is 0. The zero-order valence-corrected chi connectivity index (χ0v) is 8.17. The highest BCUT2D eigenvalue weighted by atomic mass is 15.5. The number of nitrogens with one attached hydrogen (secondary N) is 1. The Hall–Kier alpha value is -0.535. The highest BCUT2D eigenvalue weighted by Gasteiger charge is 1.97. The van der Waals surface area contributed by atoms with Gasteiger partial charge < -0.3 is 0 Å². The third kappa shape index (κ3) is 4.37. The number of allylic oxidation sites excluding steroid dienone is 2. The lowest BCUT2D eigenvalue weighted by atomic mass is 9.82. The lowest BCUT2D eigenvalue weighted by molar-refractivity contribution is 0.289. The molecular formula is C9H17BN2. The van der Waals surface area contributed by atoms with E-state index in [1.165, 1.54) is 0 Å². The molecule has 0 aromatic heterocycles. The van der Waals surface area contributed by atoms with Crippen molar-refractivity contribution >= 4 is 7.85 Å². The normalized spacial score (nSPS) is 14.8. The number of likely N-dealkylation sites (N-methyl/N-ethyl adjacent to an activating group) is 1. The van der Waals surface area contributed by atoms with Crippen LogP contribution < -0.4 is 5.43 Å². The van der Waals surface area contributed by atoms with Gasteiger partial charge in [0, 0.05) is 13.6 Å². The molecule has 0 aliphatic carbocycles. The van der Waals surface area contributed by atoms with Gasteiger partial charge in [0.2, 0.25) is 0 Å². The smallest absolute Gasteiger partial charge is 0.0759 e. The number of hydrogen-bond donors (Lipinski definition) is 1. The van der Waals surface area contributed by atoms with E-state index in [1.54, 1.807) is 6.08 Å². The second-order valence-electron chi connectivity index (χ2n) is 2.80. The van der Waals surface area contributed by atoms with Crippen LogP contribution in [0.5, 0.6) is 0 Å². The molecule has 0 amide bonds. The fourth-order valence-electron chi connectivity index (χ4n) is 0.789. The standard InChI is InChI=1S/C9H17BN2/c1-5-9(8(2)10)6-7-12(4)11-3/h5-6,8,11H,1,7H2,2-4H3/b9-6+. The van der Waals surface area contributed by atoms with Crippen LogP contribution in [0.25, 0.3) is 0 Å². The fraction of sp³-hybridized carbons (Fsp3) is 0.556. The van der Waals surface area contributed by atoms with E-state index >= 15 is 0 Å². The lowest BCUT2D eigenvalue weighted by Gasteiger charge is -2.13.